The number of rotatable bonds is 5. The van der Waals surface area contributed by atoms with Crippen LogP contribution in [0.25, 0.3) is 11.2 Å². The Morgan fingerprint density at radius 1 is 1.32 bits per heavy atom. The minimum Gasteiger partial charge on any atom is -0.379 e. The van der Waals surface area contributed by atoms with E-state index < -0.39 is 0 Å². The Balaban J connectivity index is 2.36. The number of fused-ring (bicyclic) bond motifs is 1. The molecule has 0 radical (unpaired) electrons. The monoisotopic (exact) mass is 268 g/mol. The fourth-order valence-electron chi connectivity index (χ4n) is 1.91. The van der Waals surface area contributed by atoms with Crippen LogP contribution in [0.15, 0.2) is 9.59 Å². The van der Waals surface area contributed by atoms with E-state index in [9.17, 15) is 9.59 Å². The van der Waals surface area contributed by atoms with Gasteiger partial charge in [-0.25, -0.2) is 9.78 Å². The zero-order chi connectivity index (χ0) is 14.0. The number of methoxy groups -OCH3 is 1. The van der Waals surface area contributed by atoms with Gasteiger partial charge in [0.25, 0.3) is 5.56 Å². The van der Waals surface area contributed by atoms with Gasteiger partial charge in [-0.1, -0.05) is 0 Å². The van der Waals surface area contributed by atoms with Crippen LogP contribution in [0.4, 0.5) is 0 Å². The van der Waals surface area contributed by atoms with Crippen LogP contribution >= 0.6 is 0 Å². The molecule has 19 heavy (non-hydrogen) atoms. The Morgan fingerprint density at radius 2 is 2.05 bits per heavy atom. The van der Waals surface area contributed by atoms with E-state index in [1.807, 2.05) is 5.32 Å². The molecule has 2 aromatic rings. The maximum absolute atomic E-state index is 11.9. The zero-order valence-electron chi connectivity index (χ0n) is 11.3. The number of aryl methyl sites for hydroxylation is 1. The highest BCUT2D eigenvalue weighted by atomic mass is 16.5. The highest BCUT2D eigenvalue weighted by Gasteiger charge is 2.13. The second-order valence-corrected chi connectivity index (χ2v) is 4.36. The first-order valence-corrected chi connectivity index (χ1v) is 6.01. The van der Waals surface area contributed by atoms with Gasteiger partial charge in [0.1, 0.15) is 12.1 Å². The predicted octanol–water partition coefficient (Wildman–Crippen LogP) is -2.33. The van der Waals surface area contributed by atoms with E-state index in [4.69, 9.17) is 4.74 Å². The van der Waals surface area contributed by atoms with Crippen LogP contribution in [-0.4, -0.2) is 39.4 Å². The normalized spacial score (nSPS) is 11.3. The Hall–Kier alpha value is -1.93. The molecule has 0 spiro atoms. The summed E-state index contributed by atoms with van der Waals surface area (Å²) in [6, 6.07) is 0. The second kappa shape index (κ2) is 5.37. The molecule has 104 valence electrons. The number of quaternary nitrogens is 1. The standard InChI is InChI=1S/C11H17N5O3/c1-15-9-8(10(17)16(2)11(15)18)13-7(14-9)6-12-4-5-19-3/h12H,4-6H2,1-3H3,(H,13,14)/p+1. The van der Waals surface area contributed by atoms with Crippen LogP contribution in [0.3, 0.4) is 0 Å². The number of ether oxygens (including phenoxy) is 1. The van der Waals surface area contributed by atoms with E-state index in [2.05, 4.69) is 9.97 Å². The smallest absolute Gasteiger partial charge is 0.332 e. The molecule has 0 atom stereocenters. The van der Waals surface area contributed by atoms with Crippen LogP contribution in [0, 0.1) is 0 Å². The zero-order valence-corrected chi connectivity index (χ0v) is 11.3. The van der Waals surface area contributed by atoms with Gasteiger partial charge >= 0.3 is 5.69 Å². The molecule has 0 unspecified atom stereocenters. The quantitative estimate of drug-likeness (QED) is 0.594. The van der Waals surface area contributed by atoms with Crippen molar-refractivity contribution in [1.29, 1.82) is 0 Å². The number of H-pyrrole nitrogens is 1. The summed E-state index contributed by atoms with van der Waals surface area (Å²) in [5.41, 5.74) is 0.0237. The minimum absolute atomic E-state index is 0.353. The molecule has 0 aromatic carbocycles. The maximum Gasteiger partial charge on any atom is 0.332 e. The first kappa shape index (κ1) is 13.5. The number of nitrogens with zero attached hydrogens (tertiary/aromatic N) is 3. The summed E-state index contributed by atoms with van der Waals surface area (Å²) >= 11 is 0. The van der Waals surface area contributed by atoms with Gasteiger partial charge in [-0.15, -0.1) is 0 Å². The number of nitrogens with two attached hydrogens (primary N) is 1. The van der Waals surface area contributed by atoms with Crippen molar-refractivity contribution in [3.63, 3.8) is 0 Å². The van der Waals surface area contributed by atoms with Gasteiger partial charge in [-0.2, -0.15) is 0 Å². The second-order valence-electron chi connectivity index (χ2n) is 4.36. The van der Waals surface area contributed by atoms with Crippen molar-refractivity contribution in [3.05, 3.63) is 26.7 Å². The van der Waals surface area contributed by atoms with Crippen LogP contribution in [-0.2, 0) is 25.4 Å². The number of hydrogen-bond donors (Lipinski definition) is 2. The van der Waals surface area contributed by atoms with E-state index in [0.717, 1.165) is 11.1 Å². The van der Waals surface area contributed by atoms with Crippen molar-refractivity contribution in [2.24, 2.45) is 14.1 Å². The largest absolute Gasteiger partial charge is 0.379 e. The lowest BCUT2D eigenvalue weighted by molar-refractivity contribution is -0.672. The molecule has 2 heterocycles. The molecular weight excluding hydrogens is 250 g/mol. The molecule has 0 bridgehead atoms. The summed E-state index contributed by atoms with van der Waals surface area (Å²) in [6.45, 7) is 2.07. The number of nitrogens with one attached hydrogen (secondary N) is 1. The topological polar surface area (TPSA) is 98.5 Å². The molecule has 0 aliphatic heterocycles. The summed E-state index contributed by atoms with van der Waals surface area (Å²) in [7, 11) is 4.70. The molecule has 0 saturated carbocycles. The predicted molar refractivity (Wildman–Crippen MR) is 68.9 cm³/mol. The van der Waals surface area contributed by atoms with Gasteiger partial charge in [0.2, 0.25) is 0 Å². The Morgan fingerprint density at radius 3 is 2.74 bits per heavy atom. The molecule has 2 rings (SSSR count). The van der Waals surface area contributed by atoms with Crippen LogP contribution in [0.1, 0.15) is 5.82 Å². The number of imidazole rings is 1. The van der Waals surface area contributed by atoms with E-state index >= 15 is 0 Å². The summed E-state index contributed by atoms with van der Waals surface area (Å²) in [6.07, 6.45) is 0. The van der Waals surface area contributed by atoms with Gasteiger partial charge in [0.05, 0.1) is 13.2 Å². The third-order valence-corrected chi connectivity index (χ3v) is 3.01. The van der Waals surface area contributed by atoms with Gasteiger partial charge in [0.15, 0.2) is 11.5 Å². The van der Waals surface area contributed by atoms with Crippen LogP contribution in [0.2, 0.25) is 0 Å². The highest BCUT2D eigenvalue weighted by molar-refractivity contribution is 5.69. The Bertz CT molecular complexity index is 697. The van der Waals surface area contributed by atoms with Gasteiger partial charge in [-0.3, -0.25) is 13.9 Å². The van der Waals surface area contributed by atoms with Crippen LogP contribution < -0.4 is 16.6 Å². The van der Waals surface area contributed by atoms with Crippen molar-refractivity contribution in [2.45, 2.75) is 6.54 Å². The average molecular weight is 268 g/mol. The first-order valence-electron chi connectivity index (χ1n) is 6.01. The van der Waals surface area contributed by atoms with Crippen molar-refractivity contribution < 1.29 is 10.1 Å². The van der Waals surface area contributed by atoms with Gasteiger partial charge < -0.3 is 15.0 Å². The average Bonchev–Trinajstić information content (AvgIpc) is 2.83. The maximum atomic E-state index is 11.9. The summed E-state index contributed by atoms with van der Waals surface area (Å²) in [5.74, 6) is 0.671. The summed E-state index contributed by atoms with van der Waals surface area (Å²) < 4.78 is 7.38. The molecule has 2 aromatic heterocycles. The van der Waals surface area contributed by atoms with Crippen molar-refractivity contribution in [2.75, 3.05) is 20.3 Å². The summed E-state index contributed by atoms with van der Waals surface area (Å²) in [5, 5.41) is 2.02. The number of hydrogen-bond acceptors (Lipinski definition) is 4. The third kappa shape index (κ3) is 2.45. The van der Waals surface area contributed by atoms with E-state index in [1.54, 1.807) is 14.2 Å². The number of aromatic nitrogens is 4. The molecule has 0 aliphatic rings. The third-order valence-electron chi connectivity index (χ3n) is 3.01. The lowest BCUT2D eigenvalue weighted by Gasteiger charge is -2.00. The molecule has 3 N–H and O–H groups in total. The van der Waals surface area contributed by atoms with Crippen molar-refractivity contribution >= 4 is 11.2 Å². The van der Waals surface area contributed by atoms with Gasteiger partial charge in [-0.05, 0) is 0 Å². The Kier molecular flexibility index (Phi) is 3.82. The Labute approximate surface area is 109 Å². The molecule has 0 fully saturated rings. The number of aromatic amines is 1. The van der Waals surface area contributed by atoms with E-state index in [-0.39, 0.29) is 11.2 Å². The van der Waals surface area contributed by atoms with Crippen molar-refractivity contribution in [1.82, 2.24) is 19.1 Å². The lowest BCUT2D eigenvalue weighted by atomic mass is 10.5. The lowest BCUT2D eigenvalue weighted by Crippen LogP contribution is -2.83. The summed E-state index contributed by atoms with van der Waals surface area (Å²) in [4.78, 5) is 31.0. The van der Waals surface area contributed by atoms with E-state index in [1.165, 1.54) is 11.6 Å². The first-order chi connectivity index (χ1) is 9.06. The minimum atomic E-state index is -0.376. The SMILES string of the molecule is COCC[NH2+]Cc1nc2c([nH]1)c(=O)n(C)c(=O)n2C. The fourth-order valence-corrected chi connectivity index (χ4v) is 1.91. The molecule has 0 saturated heterocycles. The molecule has 8 heteroatoms. The molecular formula is C11H18N5O3+. The van der Waals surface area contributed by atoms with Crippen LogP contribution in [0.5, 0.6) is 0 Å². The molecule has 8 nitrogen and oxygen atoms in total. The van der Waals surface area contributed by atoms with Gasteiger partial charge in [0, 0.05) is 21.2 Å². The van der Waals surface area contributed by atoms with Crippen molar-refractivity contribution in [3.8, 4) is 0 Å². The fraction of sp³-hybridized carbons (Fsp3) is 0.545. The highest BCUT2D eigenvalue weighted by Crippen LogP contribution is 2.02. The molecule has 0 amide bonds. The molecule has 0 aliphatic carbocycles. The van der Waals surface area contributed by atoms with E-state index in [0.29, 0.717) is 30.1 Å².